The number of carbonyl (C=O) groups excluding carboxylic acids is 1. The number of hydrogen-bond donors (Lipinski definition) is 1. The van der Waals surface area contributed by atoms with Gasteiger partial charge in [0.15, 0.2) is 32.0 Å². The molecule has 1 aliphatic heterocycles. The summed E-state index contributed by atoms with van der Waals surface area (Å²) in [6.07, 6.45) is 2.39. The predicted octanol–water partition coefficient (Wildman–Crippen LogP) is 4.40. The predicted molar refractivity (Wildman–Crippen MR) is 163 cm³/mol. The highest BCUT2D eigenvalue weighted by Crippen LogP contribution is 2.39. The summed E-state index contributed by atoms with van der Waals surface area (Å²) >= 11 is 0. The Balaban J connectivity index is 1.93. The zero-order valence-corrected chi connectivity index (χ0v) is 25.8. The summed E-state index contributed by atoms with van der Waals surface area (Å²) in [7, 11) is -4.31. The number of sulfone groups is 1. The summed E-state index contributed by atoms with van der Waals surface area (Å²) in [6, 6.07) is 5.97. The Hall–Kier alpha value is -4.72. The second kappa shape index (κ2) is 11.7. The van der Waals surface area contributed by atoms with Crippen LogP contribution in [-0.4, -0.2) is 71.3 Å². The molecule has 4 heterocycles. The first-order valence-electron chi connectivity index (χ1n) is 13.9. The molecule has 0 bridgehead atoms. The maximum atomic E-state index is 16.0. The summed E-state index contributed by atoms with van der Waals surface area (Å²) < 4.78 is 72.4. The number of nitrogens with zero attached hydrogens (tertiary/aromatic N) is 5. The quantitative estimate of drug-likeness (QED) is 0.307. The van der Waals surface area contributed by atoms with Crippen molar-refractivity contribution < 1.29 is 31.5 Å². The number of hydrogen-bond acceptors (Lipinski definition) is 8. The highest BCUT2D eigenvalue weighted by Gasteiger charge is 2.34. The second-order valence-electron chi connectivity index (χ2n) is 11.1. The first-order chi connectivity index (χ1) is 21.1. The number of fused-ring (bicyclic) bond motifs is 1. The maximum absolute atomic E-state index is 16.0. The van der Waals surface area contributed by atoms with Crippen molar-refractivity contribution in [2.45, 2.75) is 31.6 Å². The summed E-state index contributed by atoms with van der Waals surface area (Å²) in [5.74, 6) is -5.00. The third-order valence-corrected chi connectivity index (χ3v) is 8.78. The first-order valence-corrected chi connectivity index (χ1v) is 15.8. The van der Waals surface area contributed by atoms with Crippen LogP contribution in [-0.2, 0) is 14.6 Å². The number of anilines is 1. The van der Waals surface area contributed by atoms with Gasteiger partial charge in [0.05, 0.1) is 22.6 Å². The minimum atomic E-state index is -4.31. The van der Waals surface area contributed by atoms with Gasteiger partial charge in [-0.05, 0) is 42.7 Å². The van der Waals surface area contributed by atoms with Crippen LogP contribution in [0.15, 0.2) is 58.6 Å². The third-order valence-electron chi connectivity index (χ3n) is 7.67. The molecule has 0 aliphatic carbocycles. The van der Waals surface area contributed by atoms with Crippen LogP contribution in [0, 0.1) is 18.6 Å². The summed E-state index contributed by atoms with van der Waals surface area (Å²) in [5.41, 5.74) is -1.35. The van der Waals surface area contributed by atoms with Crippen molar-refractivity contribution in [3.05, 3.63) is 82.2 Å². The zero-order valence-electron chi connectivity index (χ0n) is 24.9. The molecule has 1 fully saturated rings. The Bertz CT molecular complexity index is 2040. The van der Waals surface area contributed by atoms with Gasteiger partial charge < -0.3 is 14.9 Å². The molecule has 1 N–H and O–H groups in total. The van der Waals surface area contributed by atoms with Gasteiger partial charge >= 0.3 is 0 Å². The lowest BCUT2D eigenvalue weighted by Crippen LogP contribution is -2.49. The van der Waals surface area contributed by atoms with E-state index in [1.165, 1.54) is 22.1 Å². The number of pyridine rings is 3. The number of carbonyl (C=O) groups is 1. The van der Waals surface area contributed by atoms with Crippen molar-refractivity contribution in [2.24, 2.45) is 0 Å². The SMILES string of the molecule is C=C(F)C(=O)N1CCN(c2c(S(C)(=O)=O)c(=O)n(-c3c(C)ccnc3C(C)C)c3nc(-c4c(O)cccc4F)c(F)cc23)CC1. The Kier molecular flexibility index (Phi) is 8.21. The summed E-state index contributed by atoms with van der Waals surface area (Å²) in [6.45, 7) is 8.20. The van der Waals surface area contributed by atoms with E-state index >= 15 is 8.78 Å². The number of phenols is 1. The number of rotatable bonds is 6. The molecule has 0 spiro atoms. The van der Waals surface area contributed by atoms with Crippen LogP contribution in [0.4, 0.5) is 18.9 Å². The van der Waals surface area contributed by atoms with Crippen molar-refractivity contribution in [1.29, 1.82) is 0 Å². The van der Waals surface area contributed by atoms with Gasteiger partial charge in [-0.15, -0.1) is 0 Å². The fraction of sp³-hybridized carbons (Fsp3) is 0.290. The van der Waals surface area contributed by atoms with Crippen molar-refractivity contribution >= 4 is 32.5 Å². The number of aromatic hydroxyl groups is 1. The van der Waals surface area contributed by atoms with Crippen molar-refractivity contribution in [1.82, 2.24) is 19.4 Å². The number of aromatic nitrogens is 3. The van der Waals surface area contributed by atoms with Crippen LogP contribution in [0.1, 0.15) is 31.0 Å². The van der Waals surface area contributed by atoms with E-state index in [1.807, 2.05) is 13.8 Å². The molecular formula is C31H30F3N5O5S. The standard InChI is InChI=1S/C31H30F3N5O5S/c1-16(2)24-26(17(3)9-10-35-24)39-29-19(15-21(34)25(36-29)23-20(33)7-6-8-22(23)40)27(28(31(39)42)45(5,43)44)37-11-13-38(14-12-37)30(41)18(4)32/h6-10,15-16,40H,4,11-14H2,1-3,5H3. The molecule has 0 unspecified atom stereocenters. The number of piperazine rings is 1. The molecule has 4 aromatic rings. The molecule has 10 nitrogen and oxygen atoms in total. The normalized spacial score (nSPS) is 14.0. The molecule has 45 heavy (non-hydrogen) atoms. The van der Waals surface area contributed by atoms with E-state index in [2.05, 4.69) is 16.5 Å². The topological polar surface area (TPSA) is 126 Å². The maximum Gasteiger partial charge on any atom is 0.282 e. The van der Waals surface area contributed by atoms with Gasteiger partial charge in [-0.3, -0.25) is 19.1 Å². The Morgan fingerprint density at radius 3 is 2.31 bits per heavy atom. The van der Waals surface area contributed by atoms with Gasteiger partial charge in [-0.1, -0.05) is 26.5 Å². The monoisotopic (exact) mass is 641 g/mol. The van der Waals surface area contributed by atoms with E-state index in [1.54, 1.807) is 13.0 Å². The van der Waals surface area contributed by atoms with E-state index in [4.69, 9.17) is 0 Å². The molecule has 236 valence electrons. The number of aryl methyl sites for hydroxylation is 1. The van der Waals surface area contributed by atoms with E-state index in [0.29, 0.717) is 11.3 Å². The molecule has 1 aliphatic rings. The molecule has 1 aromatic carbocycles. The van der Waals surface area contributed by atoms with E-state index < -0.39 is 60.7 Å². The second-order valence-corrected chi connectivity index (χ2v) is 13.1. The van der Waals surface area contributed by atoms with Gasteiger partial charge in [0, 0.05) is 44.0 Å². The highest BCUT2D eigenvalue weighted by atomic mass is 32.2. The lowest BCUT2D eigenvalue weighted by molar-refractivity contribution is -0.128. The van der Waals surface area contributed by atoms with Crippen LogP contribution < -0.4 is 10.5 Å². The molecule has 1 saturated heterocycles. The lowest BCUT2D eigenvalue weighted by Gasteiger charge is -2.37. The molecule has 14 heteroatoms. The molecule has 0 saturated carbocycles. The smallest absolute Gasteiger partial charge is 0.282 e. The van der Waals surface area contributed by atoms with E-state index in [9.17, 15) is 27.5 Å². The van der Waals surface area contributed by atoms with Gasteiger partial charge in [0.2, 0.25) is 0 Å². The molecule has 1 amide bonds. The molecule has 5 rings (SSSR count). The third kappa shape index (κ3) is 5.54. The minimum absolute atomic E-state index is 0.0409. The fourth-order valence-corrected chi connectivity index (χ4v) is 6.61. The largest absolute Gasteiger partial charge is 0.507 e. The average molecular weight is 642 g/mol. The van der Waals surface area contributed by atoms with Gasteiger partial charge in [0.25, 0.3) is 11.5 Å². The lowest BCUT2D eigenvalue weighted by atomic mass is 10.0. The number of phenolic OH excluding ortho intramolecular Hbond substituents is 1. The van der Waals surface area contributed by atoms with Crippen molar-refractivity contribution in [3.8, 4) is 22.7 Å². The molecular weight excluding hydrogens is 611 g/mol. The number of amides is 1. The Morgan fingerprint density at radius 1 is 1.07 bits per heavy atom. The first kappa shape index (κ1) is 31.7. The van der Waals surface area contributed by atoms with Crippen LogP contribution in [0.2, 0.25) is 0 Å². The van der Waals surface area contributed by atoms with Crippen LogP contribution in [0.25, 0.3) is 28.0 Å². The highest BCUT2D eigenvalue weighted by molar-refractivity contribution is 7.90. The summed E-state index contributed by atoms with van der Waals surface area (Å²) in [5, 5.41) is 10.4. The molecule has 0 atom stereocenters. The molecule has 0 radical (unpaired) electrons. The van der Waals surface area contributed by atoms with Gasteiger partial charge in [-0.25, -0.2) is 26.6 Å². The Morgan fingerprint density at radius 2 is 1.73 bits per heavy atom. The summed E-state index contributed by atoms with van der Waals surface area (Å²) in [4.78, 5) is 37.6. The van der Waals surface area contributed by atoms with Crippen LogP contribution in [0.5, 0.6) is 5.75 Å². The minimum Gasteiger partial charge on any atom is -0.507 e. The Labute approximate surface area is 257 Å². The van der Waals surface area contributed by atoms with Crippen LogP contribution in [0.3, 0.4) is 0 Å². The van der Waals surface area contributed by atoms with Crippen molar-refractivity contribution in [3.63, 3.8) is 0 Å². The van der Waals surface area contributed by atoms with E-state index in [0.717, 1.165) is 29.0 Å². The van der Waals surface area contributed by atoms with Gasteiger partial charge in [-0.2, -0.15) is 0 Å². The number of benzene rings is 1. The molecule has 3 aromatic heterocycles. The average Bonchev–Trinajstić information content (AvgIpc) is 2.96. The zero-order chi connectivity index (χ0) is 33.0. The van der Waals surface area contributed by atoms with E-state index in [-0.39, 0.29) is 54.5 Å². The van der Waals surface area contributed by atoms with Gasteiger partial charge in [0.1, 0.15) is 17.3 Å². The van der Waals surface area contributed by atoms with Crippen molar-refractivity contribution in [2.75, 3.05) is 37.3 Å². The fourth-order valence-electron chi connectivity index (χ4n) is 5.61. The van der Waals surface area contributed by atoms with Crippen LogP contribution >= 0.6 is 0 Å². The number of halogens is 3.